The molecule has 1 aromatic heterocycles. The number of hydrogen-bond donors (Lipinski definition) is 0. The first-order valence-corrected chi connectivity index (χ1v) is 4.73. The van der Waals surface area contributed by atoms with Gasteiger partial charge in [0.2, 0.25) is 0 Å². The average Bonchev–Trinajstić information content (AvgIpc) is 1.88. The predicted octanol–water partition coefficient (Wildman–Crippen LogP) is 3.35. The van der Waals surface area contributed by atoms with Crippen molar-refractivity contribution in [2.45, 2.75) is 5.88 Å². The van der Waals surface area contributed by atoms with E-state index in [9.17, 15) is 0 Å². The molecule has 0 N–H and O–H groups in total. The zero-order chi connectivity index (χ0) is 7.56. The zero-order valence-electron chi connectivity index (χ0n) is 4.94. The number of nitrogens with zero attached hydrogens (tertiary/aromatic N) is 1. The number of rotatable bonds is 1. The molecule has 0 aliphatic heterocycles. The Bertz CT molecular complexity index is 239. The van der Waals surface area contributed by atoms with Crippen molar-refractivity contribution in [3.8, 4) is 0 Å². The largest absolute Gasteiger partial charge is 0.234 e. The molecule has 1 rings (SSSR count). The maximum absolute atomic E-state index is 5.60. The van der Waals surface area contributed by atoms with Crippen LogP contribution in [0.5, 0.6) is 0 Å². The summed E-state index contributed by atoms with van der Waals surface area (Å²) in [7, 11) is 0. The SMILES string of the molecule is ClCc1ccc(Br)nc1Br. The van der Waals surface area contributed by atoms with Crippen LogP contribution in [0.4, 0.5) is 0 Å². The van der Waals surface area contributed by atoms with E-state index in [1.807, 2.05) is 12.1 Å². The Morgan fingerprint density at radius 2 is 2.10 bits per heavy atom. The summed E-state index contributed by atoms with van der Waals surface area (Å²) in [6, 6.07) is 3.79. The van der Waals surface area contributed by atoms with Crippen LogP contribution < -0.4 is 0 Å². The van der Waals surface area contributed by atoms with E-state index >= 15 is 0 Å². The highest BCUT2D eigenvalue weighted by molar-refractivity contribution is 9.11. The lowest BCUT2D eigenvalue weighted by Crippen LogP contribution is -1.84. The molecule has 1 aromatic rings. The molecular weight excluding hydrogens is 281 g/mol. The number of pyridine rings is 1. The van der Waals surface area contributed by atoms with Crippen molar-refractivity contribution < 1.29 is 0 Å². The molecule has 0 unspecified atom stereocenters. The maximum Gasteiger partial charge on any atom is 0.111 e. The molecule has 0 spiro atoms. The summed E-state index contributed by atoms with van der Waals surface area (Å²) in [6.07, 6.45) is 0. The summed E-state index contributed by atoms with van der Waals surface area (Å²) in [5, 5.41) is 0. The molecule has 0 bridgehead atoms. The first-order valence-electron chi connectivity index (χ1n) is 2.61. The lowest BCUT2D eigenvalue weighted by atomic mass is 10.3. The second-order valence-electron chi connectivity index (χ2n) is 1.72. The van der Waals surface area contributed by atoms with E-state index in [4.69, 9.17) is 11.6 Å². The van der Waals surface area contributed by atoms with Crippen LogP contribution in [-0.2, 0) is 5.88 Å². The quantitative estimate of drug-likeness (QED) is 0.569. The van der Waals surface area contributed by atoms with E-state index in [1.165, 1.54) is 0 Å². The van der Waals surface area contributed by atoms with Gasteiger partial charge in [-0.1, -0.05) is 6.07 Å². The van der Waals surface area contributed by atoms with Crippen LogP contribution in [0, 0.1) is 0 Å². The lowest BCUT2D eigenvalue weighted by Gasteiger charge is -1.97. The maximum atomic E-state index is 5.60. The molecule has 0 radical (unpaired) electrons. The first-order chi connectivity index (χ1) is 4.74. The van der Waals surface area contributed by atoms with E-state index in [2.05, 4.69) is 36.8 Å². The van der Waals surface area contributed by atoms with Crippen LogP contribution in [0.3, 0.4) is 0 Å². The lowest BCUT2D eigenvalue weighted by molar-refractivity contribution is 1.17. The molecular formula is C6H4Br2ClN. The van der Waals surface area contributed by atoms with Crippen LogP contribution in [0.1, 0.15) is 5.56 Å². The molecule has 0 aliphatic rings. The Kier molecular flexibility index (Phi) is 3.14. The van der Waals surface area contributed by atoms with Gasteiger partial charge in [-0.3, -0.25) is 0 Å². The van der Waals surface area contributed by atoms with E-state index in [0.717, 1.165) is 14.8 Å². The van der Waals surface area contributed by atoms with Crippen molar-refractivity contribution in [3.63, 3.8) is 0 Å². The van der Waals surface area contributed by atoms with Crippen LogP contribution in [0.2, 0.25) is 0 Å². The fourth-order valence-corrected chi connectivity index (χ4v) is 1.93. The van der Waals surface area contributed by atoms with Crippen molar-refractivity contribution in [3.05, 3.63) is 26.9 Å². The summed E-state index contributed by atoms with van der Waals surface area (Å²) in [4.78, 5) is 4.09. The highest BCUT2D eigenvalue weighted by atomic mass is 79.9. The van der Waals surface area contributed by atoms with E-state index in [1.54, 1.807) is 0 Å². The Labute approximate surface area is 81.1 Å². The number of alkyl halides is 1. The minimum Gasteiger partial charge on any atom is -0.234 e. The van der Waals surface area contributed by atoms with Gasteiger partial charge in [0.15, 0.2) is 0 Å². The van der Waals surface area contributed by atoms with Crippen molar-refractivity contribution in [1.82, 2.24) is 4.98 Å². The third-order valence-electron chi connectivity index (χ3n) is 1.04. The Morgan fingerprint density at radius 1 is 1.40 bits per heavy atom. The monoisotopic (exact) mass is 283 g/mol. The second kappa shape index (κ2) is 3.69. The highest BCUT2D eigenvalue weighted by Crippen LogP contribution is 2.18. The molecule has 0 saturated carbocycles. The molecule has 0 saturated heterocycles. The normalized spacial score (nSPS) is 9.90. The first kappa shape index (κ1) is 8.50. The van der Waals surface area contributed by atoms with Gasteiger partial charge in [0, 0.05) is 0 Å². The third-order valence-corrected chi connectivity index (χ3v) is 2.45. The minimum absolute atomic E-state index is 0.487. The molecule has 0 aliphatic carbocycles. The van der Waals surface area contributed by atoms with Gasteiger partial charge in [0.1, 0.15) is 9.21 Å². The Balaban J connectivity index is 3.07. The summed E-state index contributed by atoms with van der Waals surface area (Å²) >= 11 is 12.1. The van der Waals surface area contributed by atoms with Gasteiger partial charge in [-0.15, -0.1) is 11.6 Å². The van der Waals surface area contributed by atoms with Crippen molar-refractivity contribution in [2.24, 2.45) is 0 Å². The average molecular weight is 285 g/mol. The molecule has 1 nitrogen and oxygen atoms in total. The molecule has 0 atom stereocenters. The number of halogens is 3. The predicted molar refractivity (Wildman–Crippen MR) is 49.2 cm³/mol. The summed E-state index contributed by atoms with van der Waals surface area (Å²) in [5.74, 6) is 0.487. The van der Waals surface area contributed by atoms with E-state index in [0.29, 0.717) is 5.88 Å². The molecule has 0 amide bonds. The summed E-state index contributed by atoms with van der Waals surface area (Å²) in [6.45, 7) is 0. The van der Waals surface area contributed by atoms with Gasteiger partial charge < -0.3 is 0 Å². The summed E-state index contributed by atoms with van der Waals surface area (Å²) in [5.41, 5.74) is 1.00. The Hall–Kier alpha value is 0.400. The van der Waals surface area contributed by atoms with Gasteiger partial charge in [-0.05, 0) is 43.5 Å². The minimum atomic E-state index is 0.487. The van der Waals surface area contributed by atoms with E-state index < -0.39 is 0 Å². The fourth-order valence-electron chi connectivity index (χ4n) is 0.541. The van der Waals surface area contributed by atoms with Crippen LogP contribution >= 0.6 is 43.5 Å². The Morgan fingerprint density at radius 3 is 2.60 bits per heavy atom. The fraction of sp³-hybridized carbons (Fsp3) is 0.167. The van der Waals surface area contributed by atoms with Gasteiger partial charge >= 0.3 is 0 Å². The van der Waals surface area contributed by atoms with E-state index in [-0.39, 0.29) is 0 Å². The van der Waals surface area contributed by atoms with Gasteiger partial charge in [-0.25, -0.2) is 4.98 Å². The second-order valence-corrected chi connectivity index (χ2v) is 3.55. The van der Waals surface area contributed by atoms with Crippen molar-refractivity contribution in [2.75, 3.05) is 0 Å². The standard InChI is InChI=1S/C6H4Br2ClN/c7-5-2-1-4(3-9)6(8)10-5/h1-2H,3H2. The molecule has 0 aromatic carbocycles. The van der Waals surface area contributed by atoms with Crippen molar-refractivity contribution in [1.29, 1.82) is 0 Å². The van der Waals surface area contributed by atoms with Crippen LogP contribution in [0.15, 0.2) is 21.3 Å². The van der Waals surface area contributed by atoms with Crippen LogP contribution in [-0.4, -0.2) is 4.98 Å². The van der Waals surface area contributed by atoms with Crippen molar-refractivity contribution >= 4 is 43.5 Å². The zero-order valence-corrected chi connectivity index (χ0v) is 8.87. The van der Waals surface area contributed by atoms with Gasteiger partial charge in [0.25, 0.3) is 0 Å². The van der Waals surface area contributed by atoms with Gasteiger partial charge in [-0.2, -0.15) is 0 Å². The summed E-state index contributed by atoms with van der Waals surface area (Å²) < 4.78 is 1.62. The topological polar surface area (TPSA) is 12.9 Å². The molecule has 1 heterocycles. The molecule has 4 heteroatoms. The number of aromatic nitrogens is 1. The number of hydrogen-bond acceptors (Lipinski definition) is 1. The smallest absolute Gasteiger partial charge is 0.111 e. The van der Waals surface area contributed by atoms with Gasteiger partial charge in [0.05, 0.1) is 5.88 Å². The molecule has 0 fully saturated rings. The third kappa shape index (κ3) is 1.94. The van der Waals surface area contributed by atoms with Crippen LogP contribution in [0.25, 0.3) is 0 Å². The molecule has 54 valence electrons. The highest BCUT2D eigenvalue weighted by Gasteiger charge is 1.98. The molecule has 10 heavy (non-hydrogen) atoms.